The van der Waals surface area contributed by atoms with Crippen molar-refractivity contribution in [3.8, 4) is 6.07 Å². The highest BCUT2D eigenvalue weighted by atomic mass is 19.1. The van der Waals surface area contributed by atoms with E-state index in [1.165, 1.54) is 6.07 Å². The van der Waals surface area contributed by atoms with Crippen molar-refractivity contribution in [1.82, 2.24) is 9.80 Å². The van der Waals surface area contributed by atoms with E-state index in [1.54, 1.807) is 12.1 Å². The molecule has 20 heavy (non-hydrogen) atoms. The number of rotatable bonds is 4. The van der Waals surface area contributed by atoms with Crippen LogP contribution in [0.3, 0.4) is 0 Å². The fraction of sp³-hybridized carbons (Fsp3) is 0.533. The molecule has 0 radical (unpaired) electrons. The Bertz CT molecular complexity index is 486. The molecule has 0 atom stereocenters. The number of halogens is 1. The minimum atomic E-state index is -0.457. The molecule has 2 rings (SSSR count). The van der Waals surface area contributed by atoms with E-state index in [2.05, 4.69) is 9.80 Å². The minimum absolute atomic E-state index is 0.110. The number of benzene rings is 1. The lowest BCUT2D eigenvalue weighted by Crippen LogP contribution is -2.32. The number of nitriles is 1. The smallest absolute Gasteiger partial charge is 0.140 e. The molecule has 1 heterocycles. The normalized spacial score (nSPS) is 17.6. The van der Waals surface area contributed by atoms with E-state index in [0.29, 0.717) is 0 Å². The van der Waals surface area contributed by atoms with Crippen LogP contribution >= 0.6 is 0 Å². The Balaban J connectivity index is 1.95. The van der Waals surface area contributed by atoms with E-state index < -0.39 is 5.82 Å². The average Bonchev–Trinajstić information content (AvgIpc) is 2.67. The lowest BCUT2D eigenvalue weighted by Gasteiger charge is -2.21. The second-order valence-electron chi connectivity index (χ2n) is 5.12. The second kappa shape index (κ2) is 7.34. The molecule has 1 saturated heterocycles. The molecule has 0 bridgehead atoms. The van der Waals surface area contributed by atoms with Gasteiger partial charge >= 0.3 is 0 Å². The molecule has 0 aromatic heterocycles. The van der Waals surface area contributed by atoms with Crippen molar-refractivity contribution in [2.24, 2.45) is 0 Å². The first kappa shape index (κ1) is 14.9. The maximum Gasteiger partial charge on any atom is 0.140 e. The van der Waals surface area contributed by atoms with Gasteiger partial charge in [0.15, 0.2) is 0 Å². The molecule has 0 aliphatic carbocycles. The van der Waals surface area contributed by atoms with E-state index >= 15 is 0 Å². The number of β-amino-alcohol motifs (C(OH)–C–C–N with tert-alkyl or cyclic N) is 1. The van der Waals surface area contributed by atoms with Crippen LogP contribution in [0.15, 0.2) is 18.2 Å². The first-order chi connectivity index (χ1) is 9.72. The molecular weight excluding hydrogens is 257 g/mol. The summed E-state index contributed by atoms with van der Waals surface area (Å²) in [6.07, 6.45) is 1.06. The van der Waals surface area contributed by atoms with Gasteiger partial charge in [-0.3, -0.25) is 9.80 Å². The van der Waals surface area contributed by atoms with Crippen LogP contribution < -0.4 is 0 Å². The molecule has 1 aromatic rings. The largest absolute Gasteiger partial charge is 0.395 e. The number of hydrogen-bond acceptors (Lipinski definition) is 4. The molecule has 0 amide bonds. The van der Waals surface area contributed by atoms with Crippen LogP contribution in [0.2, 0.25) is 0 Å². The van der Waals surface area contributed by atoms with Crippen LogP contribution in [0.25, 0.3) is 0 Å². The molecule has 1 aliphatic rings. The van der Waals surface area contributed by atoms with Gasteiger partial charge < -0.3 is 5.11 Å². The third-order valence-corrected chi connectivity index (χ3v) is 3.65. The highest BCUT2D eigenvalue weighted by Crippen LogP contribution is 2.13. The van der Waals surface area contributed by atoms with Gasteiger partial charge in [0.2, 0.25) is 0 Å². The Kier molecular flexibility index (Phi) is 5.48. The lowest BCUT2D eigenvalue weighted by atomic mass is 10.1. The number of aliphatic hydroxyl groups excluding tert-OH is 1. The third-order valence-electron chi connectivity index (χ3n) is 3.65. The zero-order chi connectivity index (χ0) is 14.4. The van der Waals surface area contributed by atoms with E-state index in [0.717, 1.165) is 51.3 Å². The molecule has 5 heteroatoms. The Morgan fingerprint density at radius 1 is 1.20 bits per heavy atom. The fourth-order valence-electron chi connectivity index (χ4n) is 2.56. The van der Waals surface area contributed by atoms with Gasteiger partial charge in [0, 0.05) is 26.2 Å². The van der Waals surface area contributed by atoms with Crippen molar-refractivity contribution in [3.63, 3.8) is 0 Å². The molecule has 0 saturated carbocycles. The van der Waals surface area contributed by atoms with Gasteiger partial charge in [0.25, 0.3) is 0 Å². The fourth-order valence-corrected chi connectivity index (χ4v) is 2.56. The summed E-state index contributed by atoms with van der Waals surface area (Å²) in [7, 11) is 0. The van der Waals surface area contributed by atoms with Gasteiger partial charge in [-0.2, -0.15) is 5.26 Å². The molecular formula is C15H20FN3O. The maximum absolute atomic E-state index is 13.3. The number of nitrogens with zero attached hydrogens (tertiary/aromatic N) is 3. The summed E-state index contributed by atoms with van der Waals surface area (Å²) in [5.74, 6) is -0.457. The van der Waals surface area contributed by atoms with E-state index in [-0.39, 0.29) is 12.2 Å². The number of aliphatic hydroxyl groups is 1. The van der Waals surface area contributed by atoms with E-state index in [9.17, 15) is 4.39 Å². The summed E-state index contributed by atoms with van der Waals surface area (Å²) in [6, 6.07) is 6.62. The summed E-state index contributed by atoms with van der Waals surface area (Å²) in [6.45, 7) is 5.52. The van der Waals surface area contributed by atoms with E-state index in [4.69, 9.17) is 10.4 Å². The van der Waals surface area contributed by atoms with Gasteiger partial charge in [-0.05, 0) is 37.2 Å². The highest BCUT2D eigenvalue weighted by molar-refractivity contribution is 5.34. The summed E-state index contributed by atoms with van der Waals surface area (Å²) in [5.41, 5.74) is 1.08. The summed E-state index contributed by atoms with van der Waals surface area (Å²) >= 11 is 0. The van der Waals surface area contributed by atoms with Crippen LogP contribution in [-0.2, 0) is 6.54 Å². The Morgan fingerprint density at radius 2 is 1.95 bits per heavy atom. The molecule has 1 N–H and O–H groups in total. The third kappa shape index (κ3) is 4.01. The molecule has 1 fully saturated rings. The Hall–Kier alpha value is -1.48. The van der Waals surface area contributed by atoms with Gasteiger partial charge in [0.1, 0.15) is 11.9 Å². The average molecular weight is 277 g/mol. The minimum Gasteiger partial charge on any atom is -0.395 e. The zero-order valence-electron chi connectivity index (χ0n) is 11.6. The predicted octanol–water partition coefficient (Wildman–Crippen LogP) is 1.20. The van der Waals surface area contributed by atoms with Crippen molar-refractivity contribution in [1.29, 1.82) is 5.26 Å². The molecule has 1 aliphatic heterocycles. The molecule has 0 unspecified atom stereocenters. The Morgan fingerprint density at radius 3 is 2.70 bits per heavy atom. The lowest BCUT2D eigenvalue weighted by molar-refractivity contribution is 0.196. The predicted molar refractivity (Wildman–Crippen MR) is 74.5 cm³/mol. The van der Waals surface area contributed by atoms with Crippen molar-refractivity contribution in [3.05, 3.63) is 35.1 Å². The van der Waals surface area contributed by atoms with E-state index in [1.807, 2.05) is 6.07 Å². The monoisotopic (exact) mass is 277 g/mol. The zero-order valence-corrected chi connectivity index (χ0v) is 11.6. The molecule has 4 nitrogen and oxygen atoms in total. The van der Waals surface area contributed by atoms with Gasteiger partial charge in [-0.15, -0.1) is 0 Å². The van der Waals surface area contributed by atoms with Crippen LogP contribution in [0, 0.1) is 17.1 Å². The molecule has 108 valence electrons. The van der Waals surface area contributed by atoms with Crippen molar-refractivity contribution in [2.75, 3.05) is 39.3 Å². The first-order valence-corrected chi connectivity index (χ1v) is 6.97. The number of hydrogen-bond donors (Lipinski definition) is 1. The summed E-state index contributed by atoms with van der Waals surface area (Å²) in [5, 5.41) is 17.8. The maximum atomic E-state index is 13.3. The summed E-state index contributed by atoms with van der Waals surface area (Å²) < 4.78 is 13.3. The highest BCUT2D eigenvalue weighted by Gasteiger charge is 2.15. The van der Waals surface area contributed by atoms with Gasteiger partial charge in [0.05, 0.1) is 12.2 Å². The van der Waals surface area contributed by atoms with Crippen LogP contribution in [-0.4, -0.2) is 54.2 Å². The SMILES string of the molecule is N#Cc1cc(CN2CCCN(CCO)CC2)ccc1F. The molecule has 1 aromatic carbocycles. The quantitative estimate of drug-likeness (QED) is 0.898. The summed E-state index contributed by atoms with van der Waals surface area (Å²) in [4.78, 5) is 4.57. The Labute approximate surface area is 119 Å². The van der Waals surface area contributed by atoms with Gasteiger partial charge in [-0.1, -0.05) is 6.07 Å². The topological polar surface area (TPSA) is 50.5 Å². The van der Waals surface area contributed by atoms with Crippen LogP contribution in [0.4, 0.5) is 4.39 Å². The van der Waals surface area contributed by atoms with Crippen LogP contribution in [0.5, 0.6) is 0 Å². The second-order valence-corrected chi connectivity index (χ2v) is 5.12. The van der Waals surface area contributed by atoms with Crippen molar-refractivity contribution in [2.45, 2.75) is 13.0 Å². The van der Waals surface area contributed by atoms with Crippen molar-refractivity contribution >= 4 is 0 Å². The molecule has 0 spiro atoms. The van der Waals surface area contributed by atoms with Gasteiger partial charge in [-0.25, -0.2) is 4.39 Å². The van der Waals surface area contributed by atoms with Crippen LogP contribution in [0.1, 0.15) is 17.5 Å². The van der Waals surface area contributed by atoms with Crippen molar-refractivity contribution < 1.29 is 9.50 Å². The standard InChI is InChI=1S/C15H20FN3O/c16-15-3-2-13(10-14(15)11-17)12-19-5-1-4-18(6-7-19)8-9-20/h2-3,10,20H,1,4-9,12H2. The first-order valence-electron chi connectivity index (χ1n) is 6.97.